The molecule has 1 fully saturated rings. The molecule has 110 valence electrons. The highest BCUT2D eigenvalue weighted by Crippen LogP contribution is 2.31. The SMILES string of the molecule is Cc1ccccc1CC(=O)Nc1ccnn1C1CCCC1. The van der Waals surface area contributed by atoms with E-state index in [0.29, 0.717) is 12.5 Å². The molecule has 2 aromatic rings. The lowest BCUT2D eigenvalue weighted by molar-refractivity contribution is -0.115. The first-order chi connectivity index (χ1) is 10.2. The molecular formula is C17H21N3O. The van der Waals surface area contributed by atoms with Crippen LogP contribution in [0.15, 0.2) is 36.5 Å². The molecule has 1 aliphatic carbocycles. The molecule has 0 aliphatic heterocycles. The normalized spacial score (nSPS) is 15.3. The number of anilines is 1. The van der Waals surface area contributed by atoms with E-state index in [1.54, 1.807) is 6.20 Å². The Balaban J connectivity index is 1.68. The van der Waals surface area contributed by atoms with Crippen LogP contribution in [0.5, 0.6) is 0 Å². The van der Waals surface area contributed by atoms with Gasteiger partial charge in [-0.25, -0.2) is 4.68 Å². The van der Waals surface area contributed by atoms with Crippen LogP contribution in [-0.2, 0) is 11.2 Å². The molecule has 0 bridgehead atoms. The Labute approximate surface area is 125 Å². The van der Waals surface area contributed by atoms with E-state index in [1.807, 2.05) is 41.9 Å². The third-order valence-corrected chi connectivity index (χ3v) is 4.22. The van der Waals surface area contributed by atoms with Gasteiger partial charge in [-0.15, -0.1) is 0 Å². The fourth-order valence-electron chi connectivity index (χ4n) is 3.02. The van der Waals surface area contributed by atoms with E-state index in [0.717, 1.165) is 29.8 Å². The van der Waals surface area contributed by atoms with Crippen LogP contribution in [0, 0.1) is 6.92 Å². The topological polar surface area (TPSA) is 46.9 Å². The minimum absolute atomic E-state index is 0.0176. The Morgan fingerprint density at radius 2 is 2.05 bits per heavy atom. The van der Waals surface area contributed by atoms with Crippen LogP contribution >= 0.6 is 0 Å². The van der Waals surface area contributed by atoms with E-state index in [1.165, 1.54) is 12.8 Å². The number of nitrogens with one attached hydrogen (secondary N) is 1. The van der Waals surface area contributed by atoms with Crippen LogP contribution in [0.2, 0.25) is 0 Å². The molecule has 0 saturated heterocycles. The third-order valence-electron chi connectivity index (χ3n) is 4.22. The molecule has 1 amide bonds. The highest BCUT2D eigenvalue weighted by Gasteiger charge is 2.20. The number of benzene rings is 1. The van der Waals surface area contributed by atoms with Crippen molar-refractivity contribution in [2.45, 2.75) is 45.1 Å². The highest BCUT2D eigenvalue weighted by molar-refractivity contribution is 5.91. The number of aryl methyl sites for hydroxylation is 1. The summed E-state index contributed by atoms with van der Waals surface area (Å²) in [5.74, 6) is 0.838. The smallest absolute Gasteiger partial charge is 0.229 e. The van der Waals surface area contributed by atoms with Gasteiger partial charge in [-0.2, -0.15) is 5.10 Å². The van der Waals surface area contributed by atoms with Gasteiger partial charge < -0.3 is 5.32 Å². The number of hydrogen-bond acceptors (Lipinski definition) is 2. The van der Waals surface area contributed by atoms with Crippen molar-refractivity contribution in [2.24, 2.45) is 0 Å². The summed E-state index contributed by atoms with van der Waals surface area (Å²) in [7, 11) is 0. The van der Waals surface area contributed by atoms with Crippen LogP contribution in [0.3, 0.4) is 0 Å². The number of carbonyl (C=O) groups excluding carboxylic acids is 1. The summed E-state index contributed by atoms with van der Waals surface area (Å²) in [4.78, 5) is 12.2. The maximum atomic E-state index is 12.2. The molecule has 1 aliphatic rings. The predicted molar refractivity (Wildman–Crippen MR) is 83.2 cm³/mol. The Morgan fingerprint density at radius 3 is 2.81 bits per heavy atom. The van der Waals surface area contributed by atoms with E-state index in [4.69, 9.17) is 0 Å². The van der Waals surface area contributed by atoms with E-state index >= 15 is 0 Å². The maximum absolute atomic E-state index is 12.2. The number of carbonyl (C=O) groups is 1. The van der Waals surface area contributed by atoms with Crippen LogP contribution in [0.4, 0.5) is 5.82 Å². The van der Waals surface area contributed by atoms with Crippen molar-refractivity contribution in [3.8, 4) is 0 Å². The monoisotopic (exact) mass is 283 g/mol. The molecule has 1 aromatic heterocycles. The van der Waals surface area contributed by atoms with Crippen molar-refractivity contribution in [2.75, 3.05) is 5.32 Å². The van der Waals surface area contributed by atoms with Gasteiger partial charge in [0.05, 0.1) is 18.7 Å². The average molecular weight is 283 g/mol. The summed E-state index contributed by atoms with van der Waals surface area (Å²) in [6.45, 7) is 2.03. The summed E-state index contributed by atoms with van der Waals surface area (Å²) in [6, 6.07) is 10.3. The van der Waals surface area contributed by atoms with Crippen LogP contribution in [0.1, 0.15) is 42.9 Å². The molecule has 4 heteroatoms. The zero-order valence-electron chi connectivity index (χ0n) is 12.4. The fraction of sp³-hybridized carbons (Fsp3) is 0.412. The van der Waals surface area contributed by atoms with Crippen LogP contribution < -0.4 is 5.32 Å². The number of hydrogen-bond donors (Lipinski definition) is 1. The quantitative estimate of drug-likeness (QED) is 0.933. The standard InChI is InChI=1S/C17H21N3O/c1-13-6-2-3-7-14(13)12-17(21)19-16-10-11-18-20(16)15-8-4-5-9-15/h2-3,6-7,10-11,15H,4-5,8-9,12H2,1H3,(H,19,21). The molecule has 0 radical (unpaired) electrons. The lowest BCUT2D eigenvalue weighted by Crippen LogP contribution is -2.19. The van der Waals surface area contributed by atoms with Gasteiger partial charge in [0.25, 0.3) is 0 Å². The van der Waals surface area contributed by atoms with Crippen molar-refractivity contribution >= 4 is 11.7 Å². The van der Waals surface area contributed by atoms with E-state index in [9.17, 15) is 4.79 Å². The van der Waals surface area contributed by atoms with Gasteiger partial charge in [-0.05, 0) is 30.9 Å². The fourth-order valence-corrected chi connectivity index (χ4v) is 3.02. The number of rotatable bonds is 4. The van der Waals surface area contributed by atoms with Gasteiger partial charge in [0, 0.05) is 6.07 Å². The molecule has 1 saturated carbocycles. The predicted octanol–water partition coefficient (Wildman–Crippen LogP) is 3.49. The number of amides is 1. The summed E-state index contributed by atoms with van der Waals surface area (Å²) in [5, 5.41) is 7.38. The van der Waals surface area contributed by atoms with E-state index < -0.39 is 0 Å². The van der Waals surface area contributed by atoms with Gasteiger partial charge >= 0.3 is 0 Å². The van der Waals surface area contributed by atoms with E-state index in [-0.39, 0.29) is 5.91 Å². The molecule has 0 atom stereocenters. The summed E-state index contributed by atoms with van der Waals surface area (Å²) >= 11 is 0. The Morgan fingerprint density at radius 1 is 1.29 bits per heavy atom. The van der Waals surface area contributed by atoms with Crippen molar-refractivity contribution < 1.29 is 4.79 Å². The number of nitrogens with zero attached hydrogens (tertiary/aromatic N) is 2. The maximum Gasteiger partial charge on any atom is 0.229 e. The summed E-state index contributed by atoms with van der Waals surface area (Å²) in [5.41, 5.74) is 2.22. The van der Waals surface area contributed by atoms with Crippen LogP contribution in [-0.4, -0.2) is 15.7 Å². The second kappa shape index (κ2) is 6.12. The second-order valence-electron chi connectivity index (χ2n) is 5.75. The first-order valence-electron chi connectivity index (χ1n) is 7.62. The van der Waals surface area contributed by atoms with E-state index in [2.05, 4.69) is 10.4 Å². The molecule has 1 aromatic carbocycles. The molecule has 21 heavy (non-hydrogen) atoms. The van der Waals surface area contributed by atoms with Gasteiger partial charge in [-0.1, -0.05) is 37.1 Å². The lowest BCUT2D eigenvalue weighted by Gasteiger charge is -2.15. The zero-order valence-corrected chi connectivity index (χ0v) is 12.4. The summed E-state index contributed by atoms with van der Waals surface area (Å²) < 4.78 is 1.97. The first-order valence-corrected chi connectivity index (χ1v) is 7.62. The second-order valence-corrected chi connectivity index (χ2v) is 5.75. The Hall–Kier alpha value is -2.10. The molecule has 0 spiro atoms. The van der Waals surface area contributed by atoms with Gasteiger partial charge in [0.1, 0.15) is 5.82 Å². The molecule has 1 N–H and O–H groups in total. The highest BCUT2D eigenvalue weighted by atomic mass is 16.1. The van der Waals surface area contributed by atoms with Gasteiger partial charge in [-0.3, -0.25) is 4.79 Å². The Kier molecular flexibility index (Phi) is 4.04. The molecule has 0 unspecified atom stereocenters. The van der Waals surface area contributed by atoms with Gasteiger partial charge in [0.2, 0.25) is 5.91 Å². The van der Waals surface area contributed by atoms with Crippen molar-refractivity contribution in [1.29, 1.82) is 0 Å². The molecular weight excluding hydrogens is 262 g/mol. The van der Waals surface area contributed by atoms with Crippen molar-refractivity contribution in [3.05, 3.63) is 47.7 Å². The van der Waals surface area contributed by atoms with Crippen LogP contribution in [0.25, 0.3) is 0 Å². The minimum Gasteiger partial charge on any atom is -0.311 e. The Bertz CT molecular complexity index is 626. The first kappa shape index (κ1) is 13.9. The largest absolute Gasteiger partial charge is 0.311 e. The zero-order chi connectivity index (χ0) is 14.7. The lowest BCUT2D eigenvalue weighted by atomic mass is 10.1. The number of aromatic nitrogens is 2. The van der Waals surface area contributed by atoms with Crippen molar-refractivity contribution in [1.82, 2.24) is 9.78 Å². The van der Waals surface area contributed by atoms with Gasteiger partial charge in [0.15, 0.2) is 0 Å². The third kappa shape index (κ3) is 3.15. The minimum atomic E-state index is 0.0176. The van der Waals surface area contributed by atoms with Crippen molar-refractivity contribution in [3.63, 3.8) is 0 Å². The average Bonchev–Trinajstić information content (AvgIpc) is 3.11. The molecule has 3 rings (SSSR count). The molecule has 4 nitrogen and oxygen atoms in total. The summed E-state index contributed by atoms with van der Waals surface area (Å²) in [6.07, 6.45) is 6.98. The molecule has 1 heterocycles.